The van der Waals surface area contributed by atoms with Crippen LogP contribution in [0, 0.1) is 5.82 Å². The predicted molar refractivity (Wildman–Crippen MR) is 126 cm³/mol. The lowest BCUT2D eigenvalue weighted by molar-refractivity contribution is -0.138. The molecular formula is C24H23FN6O2. The second-order valence-electron chi connectivity index (χ2n) is 7.55. The molecule has 8 nitrogen and oxygen atoms in total. The molecule has 4 rings (SSSR count). The van der Waals surface area contributed by atoms with Crippen molar-refractivity contribution >= 4 is 34.3 Å². The molecule has 0 bridgehead atoms. The van der Waals surface area contributed by atoms with Crippen LogP contribution in [0.4, 0.5) is 22.0 Å². The SMILES string of the molecule is CCN(c1ccc2ccccc2c1)c1nc(N)nc(-c2ccc(CC(N)C(=O)O)c(F)c2)n1. The fourth-order valence-electron chi connectivity index (χ4n) is 3.59. The van der Waals surface area contributed by atoms with Gasteiger partial charge in [0, 0.05) is 24.2 Å². The Morgan fingerprint density at radius 1 is 1.06 bits per heavy atom. The van der Waals surface area contributed by atoms with Crippen LogP contribution in [0.3, 0.4) is 0 Å². The predicted octanol–water partition coefficient (Wildman–Crippen LogP) is 3.53. The fourth-order valence-corrected chi connectivity index (χ4v) is 3.59. The van der Waals surface area contributed by atoms with Crippen molar-refractivity contribution in [3.05, 3.63) is 72.0 Å². The smallest absolute Gasteiger partial charge is 0.320 e. The molecule has 0 radical (unpaired) electrons. The maximum Gasteiger partial charge on any atom is 0.320 e. The van der Waals surface area contributed by atoms with E-state index in [4.69, 9.17) is 16.6 Å². The molecule has 1 atom stereocenters. The molecule has 1 unspecified atom stereocenters. The lowest BCUT2D eigenvalue weighted by Crippen LogP contribution is -2.32. The number of nitrogens with two attached hydrogens (primary N) is 2. The standard InChI is InChI=1S/C24H23FN6O2/c1-2-31(18-10-9-14-5-3-4-6-15(14)11-18)24-29-21(28-23(27)30-24)17-8-7-16(19(25)12-17)13-20(26)22(32)33/h3-12,20H,2,13,26H2,1H3,(H,32,33)(H2,27,28,29,30). The fraction of sp³-hybridized carbons (Fsp3) is 0.167. The van der Waals surface area contributed by atoms with E-state index in [1.54, 1.807) is 6.07 Å². The summed E-state index contributed by atoms with van der Waals surface area (Å²) in [6, 6.07) is 17.2. The Kier molecular flexibility index (Phi) is 6.14. The van der Waals surface area contributed by atoms with Crippen LogP contribution in [0.2, 0.25) is 0 Å². The molecule has 3 aromatic carbocycles. The minimum atomic E-state index is -1.19. The number of nitrogens with zero attached hydrogens (tertiary/aromatic N) is 4. The van der Waals surface area contributed by atoms with Crippen molar-refractivity contribution in [1.82, 2.24) is 15.0 Å². The molecule has 0 saturated carbocycles. The molecule has 33 heavy (non-hydrogen) atoms. The molecule has 0 aliphatic rings. The van der Waals surface area contributed by atoms with E-state index in [-0.39, 0.29) is 23.8 Å². The number of nitrogen functional groups attached to an aromatic ring is 1. The lowest BCUT2D eigenvalue weighted by atomic mass is 10.0. The van der Waals surface area contributed by atoms with E-state index in [0.29, 0.717) is 18.1 Å². The first kappa shape index (κ1) is 22.1. The Balaban J connectivity index is 1.69. The normalized spacial score (nSPS) is 12.0. The van der Waals surface area contributed by atoms with Gasteiger partial charge in [-0.1, -0.05) is 42.5 Å². The van der Waals surface area contributed by atoms with Gasteiger partial charge in [-0.15, -0.1) is 0 Å². The van der Waals surface area contributed by atoms with Crippen LogP contribution in [-0.4, -0.2) is 38.6 Å². The minimum Gasteiger partial charge on any atom is -0.480 e. The van der Waals surface area contributed by atoms with Gasteiger partial charge < -0.3 is 21.5 Å². The zero-order valence-electron chi connectivity index (χ0n) is 17.9. The molecule has 0 saturated heterocycles. The summed E-state index contributed by atoms with van der Waals surface area (Å²) in [6.07, 6.45) is -0.127. The Bertz CT molecular complexity index is 1330. The van der Waals surface area contributed by atoms with Gasteiger partial charge >= 0.3 is 5.97 Å². The summed E-state index contributed by atoms with van der Waals surface area (Å²) in [7, 11) is 0. The van der Waals surface area contributed by atoms with Crippen molar-refractivity contribution in [2.45, 2.75) is 19.4 Å². The second-order valence-corrected chi connectivity index (χ2v) is 7.55. The van der Waals surface area contributed by atoms with Crippen LogP contribution in [0.15, 0.2) is 60.7 Å². The molecular weight excluding hydrogens is 423 g/mol. The van der Waals surface area contributed by atoms with Crippen LogP contribution in [0.5, 0.6) is 0 Å². The first-order chi connectivity index (χ1) is 15.9. The lowest BCUT2D eigenvalue weighted by Gasteiger charge is -2.22. The second kappa shape index (κ2) is 9.17. The maximum atomic E-state index is 14.6. The number of carboxylic acids is 1. The summed E-state index contributed by atoms with van der Waals surface area (Å²) in [5, 5.41) is 11.2. The third-order valence-electron chi connectivity index (χ3n) is 5.31. The number of hydrogen-bond donors (Lipinski definition) is 3. The van der Waals surface area contributed by atoms with Gasteiger partial charge in [0.15, 0.2) is 5.82 Å². The molecule has 9 heteroatoms. The zero-order valence-corrected chi connectivity index (χ0v) is 17.9. The number of aromatic nitrogens is 3. The molecule has 0 fully saturated rings. The molecule has 0 aliphatic carbocycles. The van der Waals surface area contributed by atoms with E-state index >= 15 is 0 Å². The van der Waals surface area contributed by atoms with E-state index in [9.17, 15) is 9.18 Å². The summed E-state index contributed by atoms with van der Waals surface area (Å²) >= 11 is 0. The van der Waals surface area contributed by atoms with Crippen molar-refractivity contribution in [2.24, 2.45) is 5.73 Å². The van der Waals surface area contributed by atoms with Crippen molar-refractivity contribution in [1.29, 1.82) is 0 Å². The zero-order chi connectivity index (χ0) is 23.5. The average Bonchev–Trinajstić information content (AvgIpc) is 2.80. The quantitative estimate of drug-likeness (QED) is 0.393. The summed E-state index contributed by atoms with van der Waals surface area (Å²) in [6.45, 7) is 2.54. The van der Waals surface area contributed by atoms with Gasteiger partial charge in [-0.2, -0.15) is 15.0 Å². The monoisotopic (exact) mass is 446 g/mol. The summed E-state index contributed by atoms with van der Waals surface area (Å²) < 4.78 is 14.6. The summed E-state index contributed by atoms with van der Waals surface area (Å²) in [5.41, 5.74) is 13.0. The van der Waals surface area contributed by atoms with Crippen LogP contribution in [0.25, 0.3) is 22.2 Å². The first-order valence-corrected chi connectivity index (χ1v) is 10.4. The number of fused-ring (bicyclic) bond motifs is 1. The van der Waals surface area contributed by atoms with Gasteiger partial charge in [0.1, 0.15) is 11.9 Å². The van der Waals surface area contributed by atoms with Crippen molar-refractivity contribution in [3.8, 4) is 11.4 Å². The molecule has 0 amide bonds. The van der Waals surface area contributed by atoms with Gasteiger partial charge in [0.25, 0.3) is 0 Å². The number of halogens is 1. The van der Waals surface area contributed by atoms with Gasteiger partial charge in [0.2, 0.25) is 11.9 Å². The number of rotatable bonds is 7. The minimum absolute atomic E-state index is 0.00613. The van der Waals surface area contributed by atoms with Gasteiger partial charge in [-0.3, -0.25) is 4.79 Å². The van der Waals surface area contributed by atoms with Crippen molar-refractivity contribution in [2.75, 3.05) is 17.2 Å². The first-order valence-electron chi connectivity index (χ1n) is 10.4. The highest BCUT2D eigenvalue weighted by molar-refractivity contribution is 5.86. The number of carboxylic acid groups (broad SMARTS) is 1. The molecule has 168 valence electrons. The van der Waals surface area contributed by atoms with Crippen LogP contribution < -0.4 is 16.4 Å². The van der Waals surface area contributed by atoms with Gasteiger partial charge in [-0.25, -0.2) is 4.39 Å². The third kappa shape index (κ3) is 4.73. The van der Waals surface area contributed by atoms with E-state index < -0.39 is 17.8 Å². The highest BCUT2D eigenvalue weighted by Gasteiger charge is 2.18. The highest BCUT2D eigenvalue weighted by atomic mass is 19.1. The van der Waals surface area contributed by atoms with E-state index in [1.807, 2.05) is 54.3 Å². The molecule has 0 aliphatic heterocycles. The summed E-state index contributed by atoms with van der Waals surface area (Å²) in [5.74, 6) is -1.22. The topological polar surface area (TPSA) is 131 Å². The molecule has 1 aromatic heterocycles. The summed E-state index contributed by atoms with van der Waals surface area (Å²) in [4.78, 5) is 25.8. The average molecular weight is 446 g/mol. The van der Waals surface area contributed by atoms with E-state index in [2.05, 4.69) is 15.0 Å². The largest absolute Gasteiger partial charge is 0.480 e. The molecule has 5 N–H and O–H groups in total. The maximum absolute atomic E-state index is 14.6. The number of hydrogen-bond acceptors (Lipinski definition) is 7. The van der Waals surface area contributed by atoms with Crippen LogP contribution in [-0.2, 0) is 11.2 Å². The Morgan fingerprint density at radius 3 is 2.52 bits per heavy atom. The van der Waals surface area contributed by atoms with Crippen LogP contribution in [0.1, 0.15) is 12.5 Å². The van der Waals surface area contributed by atoms with Gasteiger partial charge in [0.05, 0.1) is 0 Å². The number of carbonyl (C=O) groups is 1. The Labute approximate surface area is 189 Å². The van der Waals surface area contributed by atoms with Crippen molar-refractivity contribution in [3.63, 3.8) is 0 Å². The van der Waals surface area contributed by atoms with E-state index in [1.165, 1.54) is 12.1 Å². The number of benzene rings is 3. The Morgan fingerprint density at radius 2 is 1.82 bits per heavy atom. The van der Waals surface area contributed by atoms with E-state index in [0.717, 1.165) is 16.5 Å². The molecule has 1 heterocycles. The van der Waals surface area contributed by atoms with Gasteiger partial charge in [-0.05, 0) is 41.5 Å². The van der Waals surface area contributed by atoms with Crippen molar-refractivity contribution < 1.29 is 14.3 Å². The Hall–Kier alpha value is -4.11. The third-order valence-corrected chi connectivity index (χ3v) is 5.31. The molecule has 0 spiro atoms. The number of anilines is 3. The number of aliphatic carboxylic acids is 1. The molecule has 4 aromatic rings. The van der Waals surface area contributed by atoms with Crippen LogP contribution >= 0.6 is 0 Å². The highest BCUT2D eigenvalue weighted by Crippen LogP contribution is 2.28.